The van der Waals surface area contributed by atoms with E-state index in [9.17, 15) is 14.7 Å². The summed E-state index contributed by atoms with van der Waals surface area (Å²) in [4.78, 5) is 26.2. The van der Waals surface area contributed by atoms with Crippen LogP contribution in [0.5, 0.6) is 5.75 Å². The summed E-state index contributed by atoms with van der Waals surface area (Å²) >= 11 is 1.65. The first-order chi connectivity index (χ1) is 13.6. The molecule has 0 amide bonds. The predicted molar refractivity (Wildman–Crippen MR) is 117 cm³/mol. The zero-order valence-corrected chi connectivity index (χ0v) is 16.5. The van der Waals surface area contributed by atoms with Gasteiger partial charge in [0.2, 0.25) is 0 Å². The van der Waals surface area contributed by atoms with Crippen molar-refractivity contribution in [3.8, 4) is 5.75 Å². The molecule has 0 spiro atoms. The number of nitrogens with one attached hydrogen (secondary N) is 1. The van der Waals surface area contributed by atoms with Gasteiger partial charge in [0.15, 0.2) is 0 Å². The summed E-state index contributed by atoms with van der Waals surface area (Å²) in [7, 11) is 0. The van der Waals surface area contributed by atoms with Gasteiger partial charge in [-0.15, -0.1) is 6.58 Å². The standard InChI is InChI=1S/C22H24N2O3S/c1-2-12-24(13-3-4-16-5-7-18(25)8-6-16)20-19(21(26)22(20)27)23-11-9-17-10-14-28-15-17/h2,5-8,10,14-15,23,25H,1,3-4,9,11-13H2. The number of benzene rings is 1. The van der Waals surface area contributed by atoms with Gasteiger partial charge in [-0.1, -0.05) is 18.2 Å². The van der Waals surface area contributed by atoms with Crippen molar-refractivity contribution >= 4 is 22.7 Å². The predicted octanol–water partition coefficient (Wildman–Crippen LogP) is 3.33. The number of anilines is 2. The highest BCUT2D eigenvalue weighted by atomic mass is 32.1. The van der Waals surface area contributed by atoms with Gasteiger partial charge < -0.3 is 15.3 Å². The van der Waals surface area contributed by atoms with Crippen LogP contribution in [-0.2, 0) is 12.8 Å². The largest absolute Gasteiger partial charge is 0.508 e. The van der Waals surface area contributed by atoms with Crippen LogP contribution in [0.3, 0.4) is 0 Å². The van der Waals surface area contributed by atoms with E-state index in [2.05, 4.69) is 23.3 Å². The lowest BCUT2D eigenvalue weighted by atomic mass is 10.1. The van der Waals surface area contributed by atoms with Crippen molar-refractivity contribution in [2.24, 2.45) is 0 Å². The molecule has 0 saturated heterocycles. The molecule has 1 heterocycles. The maximum atomic E-state index is 12.2. The summed E-state index contributed by atoms with van der Waals surface area (Å²) in [6.07, 6.45) is 4.20. The van der Waals surface area contributed by atoms with Crippen LogP contribution < -0.4 is 21.1 Å². The van der Waals surface area contributed by atoms with E-state index < -0.39 is 10.9 Å². The molecule has 3 rings (SSSR count). The van der Waals surface area contributed by atoms with Crippen molar-refractivity contribution in [2.75, 3.05) is 29.9 Å². The van der Waals surface area contributed by atoms with E-state index in [1.165, 1.54) is 5.56 Å². The molecular weight excluding hydrogens is 372 g/mol. The fourth-order valence-corrected chi connectivity index (χ4v) is 3.90. The monoisotopic (exact) mass is 396 g/mol. The number of phenolic OH excluding ortho intramolecular Hbond substituents is 1. The van der Waals surface area contributed by atoms with Gasteiger partial charge in [-0.05, 0) is 59.3 Å². The Labute approximate surface area is 168 Å². The first-order valence-corrected chi connectivity index (χ1v) is 10.3. The molecular formula is C22H24N2O3S. The van der Waals surface area contributed by atoms with Crippen LogP contribution in [0.1, 0.15) is 17.5 Å². The average Bonchev–Trinajstić information content (AvgIpc) is 3.21. The smallest absolute Gasteiger partial charge is 0.253 e. The molecule has 0 saturated carbocycles. The quantitative estimate of drug-likeness (QED) is 0.384. The van der Waals surface area contributed by atoms with Crippen LogP contribution in [0.2, 0.25) is 0 Å². The lowest BCUT2D eigenvalue weighted by Gasteiger charge is -2.26. The highest BCUT2D eigenvalue weighted by Gasteiger charge is 2.25. The van der Waals surface area contributed by atoms with Gasteiger partial charge in [-0.25, -0.2) is 0 Å². The van der Waals surface area contributed by atoms with Crippen LogP contribution >= 0.6 is 11.3 Å². The third-order valence-electron chi connectivity index (χ3n) is 4.68. The fourth-order valence-electron chi connectivity index (χ4n) is 3.20. The van der Waals surface area contributed by atoms with Crippen molar-refractivity contribution < 1.29 is 5.11 Å². The minimum absolute atomic E-state index is 0.249. The number of aromatic hydroxyl groups is 1. The topological polar surface area (TPSA) is 69.6 Å². The van der Waals surface area contributed by atoms with Gasteiger partial charge in [-0.2, -0.15) is 11.3 Å². The molecule has 0 radical (unpaired) electrons. The summed E-state index contributed by atoms with van der Waals surface area (Å²) in [5.74, 6) is 0.249. The third-order valence-corrected chi connectivity index (χ3v) is 5.41. The number of hydrogen-bond donors (Lipinski definition) is 2. The summed E-state index contributed by atoms with van der Waals surface area (Å²) in [6.45, 7) is 5.55. The minimum Gasteiger partial charge on any atom is -0.508 e. The van der Waals surface area contributed by atoms with Gasteiger partial charge >= 0.3 is 0 Å². The van der Waals surface area contributed by atoms with Gasteiger partial charge in [-0.3, -0.25) is 9.59 Å². The Morgan fingerprint density at radius 1 is 1.07 bits per heavy atom. The number of thiophene rings is 1. The molecule has 3 aromatic rings. The van der Waals surface area contributed by atoms with E-state index >= 15 is 0 Å². The van der Waals surface area contributed by atoms with Crippen molar-refractivity contribution in [2.45, 2.75) is 19.3 Å². The second kappa shape index (κ2) is 9.37. The van der Waals surface area contributed by atoms with Crippen LogP contribution in [-0.4, -0.2) is 24.7 Å². The molecule has 146 valence electrons. The van der Waals surface area contributed by atoms with E-state index in [-0.39, 0.29) is 5.75 Å². The Morgan fingerprint density at radius 3 is 2.54 bits per heavy atom. The Kier molecular flexibility index (Phi) is 6.66. The second-order valence-electron chi connectivity index (χ2n) is 6.69. The number of aryl methyl sites for hydroxylation is 1. The van der Waals surface area contributed by atoms with Crippen molar-refractivity contribution in [1.29, 1.82) is 0 Å². The van der Waals surface area contributed by atoms with Crippen LogP contribution in [0.25, 0.3) is 0 Å². The normalized spacial score (nSPS) is 10.9. The van der Waals surface area contributed by atoms with Crippen LogP contribution in [0, 0.1) is 0 Å². The summed E-state index contributed by atoms with van der Waals surface area (Å²) in [5.41, 5.74) is 2.37. The number of phenols is 1. The van der Waals surface area contributed by atoms with Gasteiger partial charge in [0, 0.05) is 19.6 Å². The van der Waals surface area contributed by atoms with Crippen molar-refractivity contribution in [3.63, 3.8) is 0 Å². The lowest BCUT2D eigenvalue weighted by molar-refractivity contribution is 0.475. The van der Waals surface area contributed by atoms with Crippen molar-refractivity contribution in [1.82, 2.24) is 0 Å². The highest BCUT2D eigenvalue weighted by Crippen LogP contribution is 2.21. The molecule has 1 aromatic heterocycles. The molecule has 2 aromatic carbocycles. The van der Waals surface area contributed by atoms with E-state index in [0.29, 0.717) is 31.0 Å². The second-order valence-corrected chi connectivity index (χ2v) is 7.47. The van der Waals surface area contributed by atoms with Gasteiger partial charge in [0.05, 0.1) is 0 Å². The third kappa shape index (κ3) is 4.70. The van der Waals surface area contributed by atoms with Gasteiger partial charge in [0.25, 0.3) is 10.9 Å². The molecule has 0 bridgehead atoms. The molecule has 0 aliphatic carbocycles. The van der Waals surface area contributed by atoms with Crippen LogP contribution in [0.15, 0.2) is 63.3 Å². The maximum absolute atomic E-state index is 12.2. The van der Waals surface area contributed by atoms with Gasteiger partial charge in [0.1, 0.15) is 17.1 Å². The number of hydrogen-bond acceptors (Lipinski definition) is 6. The number of nitrogens with zero attached hydrogens (tertiary/aromatic N) is 1. The lowest BCUT2D eigenvalue weighted by Crippen LogP contribution is -2.43. The molecule has 2 N–H and O–H groups in total. The first-order valence-electron chi connectivity index (χ1n) is 9.32. The SMILES string of the molecule is C=CCN(CCCc1ccc(O)cc1)c1c(NCCc2ccsc2)c(=O)c1=O. The zero-order valence-electron chi connectivity index (χ0n) is 15.7. The molecule has 28 heavy (non-hydrogen) atoms. The first kappa shape index (κ1) is 19.9. The summed E-state index contributed by atoms with van der Waals surface area (Å²) in [5, 5.41) is 16.6. The fraction of sp³-hybridized carbons (Fsp3) is 0.273. The molecule has 6 heteroatoms. The highest BCUT2D eigenvalue weighted by molar-refractivity contribution is 7.07. The zero-order chi connectivity index (χ0) is 19.9. The van der Waals surface area contributed by atoms with E-state index in [4.69, 9.17) is 0 Å². The van der Waals surface area contributed by atoms with E-state index in [0.717, 1.165) is 24.8 Å². The molecule has 0 atom stereocenters. The Hall–Kier alpha value is -2.86. The Balaban J connectivity index is 1.61. The molecule has 5 nitrogen and oxygen atoms in total. The van der Waals surface area contributed by atoms with E-state index in [1.807, 2.05) is 22.4 Å². The van der Waals surface area contributed by atoms with E-state index in [1.54, 1.807) is 29.5 Å². The van der Waals surface area contributed by atoms with Crippen LogP contribution in [0.4, 0.5) is 11.4 Å². The number of rotatable bonds is 11. The minimum atomic E-state index is -0.437. The molecule has 0 fully saturated rings. The maximum Gasteiger partial charge on any atom is 0.253 e. The summed E-state index contributed by atoms with van der Waals surface area (Å²) in [6, 6.07) is 9.18. The molecule has 0 unspecified atom stereocenters. The Morgan fingerprint density at radius 2 is 1.86 bits per heavy atom. The molecule has 0 aliphatic rings. The summed E-state index contributed by atoms with van der Waals surface area (Å²) < 4.78 is 0. The molecule has 0 aliphatic heterocycles. The Bertz CT molecular complexity index is 971. The average molecular weight is 397 g/mol. The van der Waals surface area contributed by atoms with Crippen molar-refractivity contribution in [3.05, 3.63) is 85.3 Å².